The largest absolute Gasteiger partial charge is 0.373 e. The van der Waals surface area contributed by atoms with E-state index in [4.69, 9.17) is 9.47 Å². The van der Waals surface area contributed by atoms with Crippen molar-refractivity contribution < 1.29 is 9.47 Å². The van der Waals surface area contributed by atoms with Crippen molar-refractivity contribution in [1.29, 1.82) is 0 Å². The Morgan fingerprint density at radius 3 is 2.44 bits per heavy atom. The van der Waals surface area contributed by atoms with Gasteiger partial charge in [-0.05, 0) is 38.5 Å². The van der Waals surface area contributed by atoms with Crippen molar-refractivity contribution in [3.8, 4) is 0 Å². The lowest BCUT2D eigenvalue weighted by molar-refractivity contribution is 0.00846. The number of hydrogen-bond donors (Lipinski definition) is 1. The first-order valence-electron chi connectivity index (χ1n) is 6.17. The molecule has 3 nitrogen and oxygen atoms in total. The van der Waals surface area contributed by atoms with Crippen LogP contribution in [-0.4, -0.2) is 18.9 Å². The SMILES string of the molecule is C=CCOCc1ccc(NCOC(C)(C)C)cc1. The Balaban J connectivity index is 2.33. The molecule has 0 fully saturated rings. The smallest absolute Gasteiger partial charge is 0.117 e. The molecule has 0 aliphatic carbocycles. The molecule has 0 radical (unpaired) electrons. The number of nitrogens with one attached hydrogen (secondary N) is 1. The van der Waals surface area contributed by atoms with E-state index in [0.717, 1.165) is 11.3 Å². The molecule has 0 spiro atoms. The molecule has 0 atom stereocenters. The normalized spacial score (nSPS) is 11.3. The molecule has 18 heavy (non-hydrogen) atoms. The first kappa shape index (κ1) is 14.7. The molecular formula is C15H23NO2. The highest BCUT2D eigenvalue weighted by Crippen LogP contribution is 2.12. The Morgan fingerprint density at radius 1 is 1.22 bits per heavy atom. The Labute approximate surface area is 110 Å². The fourth-order valence-electron chi connectivity index (χ4n) is 1.31. The molecule has 0 heterocycles. The van der Waals surface area contributed by atoms with Crippen LogP contribution in [0.15, 0.2) is 36.9 Å². The van der Waals surface area contributed by atoms with Gasteiger partial charge in [0.1, 0.15) is 6.73 Å². The van der Waals surface area contributed by atoms with E-state index in [1.807, 2.05) is 45.0 Å². The van der Waals surface area contributed by atoms with Crippen LogP contribution in [0.25, 0.3) is 0 Å². The van der Waals surface area contributed by atoms with E-state index in [1.165, 1.54) is 0 Å². The second-order valence-corrected chi connectivity index (χ2v) is 5.08. The van der Waals surface area contributed by atoms with Gasteiger partial charge in [0.05, 0.1) is 18.8 Å². The van der Waals surface area contributed by atoms with Crippen molar-refractivity contribution in [1.82, 2.24) is 0 Å². The van der Waals surface area contributed by atoms with Crippen molar-refractivity contribution in [2.45, 2.75) is 33.0 Å². The summed E-state index contributed by atoms with van der Waals surface area (Å²) in [5.41, 5.74) is 2.08. The van der Waals surface area contributed by atoms with Crippen LogP contribution in [0.1, 0.15) is 26.3 Å². The molecule has 0 unspecified atom stereocenters. The molecule has 1 rings (SSSR count). The van der Waals surface area contributed by atoms with Gasteiger partial charge in [-0.3, -0.25) is 0 Å². The Hall–Kier alpha value is -1.32. The minimum Gasteiger partial charge on any atom is -0.373 e. The van der Waals surface area contributed by atoms with Gasteiger partial charge < -0.3 is 14.8 Å². The van der Waals surface area contributed by atoms with Gasteiger partial charge in [-0.25, -0.2) is 0 Å². The minimum absolute atomic E-state index is 0.120. The highest BCUT2D eigenvalue weighted by Gasteiger charge is 2.08. The number of hydrogen-bond acceptors (Lipinski definition) is 3. The zero-order valence-corrected chi connectivity index (χ0v) is 11.5. The fraction of sp³-hybridized carbons (Fsp3) is 0.467. The summed E-state index contributed by atoms with van der Waals surface area (Å²) in [5.74, 6) is 0. The van der Waals surface area contributed by atoms with E-state index in [2.05, 4.69) is 11.9 Å². The highest BCUT2D eigenvalue weighted by atomic mass is 16.5. The van der Waals surface area contributed by atoms with E-state index in [1.54, 1.807) is 6.08 Å². The van der Waals surface area contributed by atoms with Crippen molar-refractivity contribution in [3.05, 3.63) is 42.5 Å². The highest BCUT2D eigenvalue weighted by molar-refractivity contribution is 5.44. The maximum atomic E-state index is 5.60. The summed E-state index contributed by atoms with van der Waals surface area (Å²) in [6.45, 7) is 11.4. The second-order valence-electron chi connectivity index (χ2n) is 5.08. The lowest BCUT2D eigenvalue weighted by atomic mass is 10.2. The van der Waals surface area contributed by atoms with Crippen molar-refractivity contribution in [2.24, 2.45) is 0 Å². The summed E-state index contributed by atoms with van der Waals surface area (Å²) >= 11 is 0. The summed E-state index contributed by atoms with van der Waals surface area (Å²) in [6.07, 6.45) is 1.75. The number of anilines is 1. The van der Waals surface area contributed by atoms with Crippen LogP contribution in [0.2, 0.25) is 0 Å². The van der Waals surface area contributed by atoms with E-state index in [-0.39, 0.29) is 5.60 Å². The molecular weight excluding hydrogens is 226 g/mol. The molecule has 0 saturated heterocycles. The van der Waals surface area contributed by atoms with Gasteiger partial charge in [0.2, 0.25) is 0 Å². The van der Waals surface area contributed by atoms with Crippen LogP contribution in [0.5, 0.6) is 0 Å². The average molecular weight is 249 g/mol. The third kappa shape index (κ3) is 6.42. The zero-order valence-electron chi connectivity index (χ0n) is 11.5. The molecule has 1 aromatic carbocycles. The molecule has 0 aromatic heterocycles. The van der Waals surface area contributed by atoms with Gasteiger partial charge in [0.15, 0.2) is 0 Å². The summed E-state index contributed by atoms with van der Waals surface area (Å²) < 4.78 is 11.0. The van der Waals surface area contributed by atoms with Crippen molar-refractivity contribution >= 4 is 5.69 Å². The number of rotatable bonds is 7. The zero-order chi connectivity index (χ0) is 13.4. The summed E-state index contributed by atoms with van der Waals surface area (Å²) in [7, 11) is 0. The standard InChI is InChI=1S/C15H23NO2/c1-5-10-17-11-13-6-8-14(9-7-13)16-12-18-15(2,3)4/h5-9,16H,1,10-12H2,2-4H3. The molecule has 3 heteroatoms. The van der Waals surface area contributed by atoms with E-state index < -0.39 is 0 Å². The molecule has 0 aliphatic rings. The Bertz CT molecular complexity index is 352. The van der Waals surface area contributed by atoms with Crippen LogP contribution in [-0.2, 0) is 16.1 Å². The van der Waals surface area contributed by atoms with Crippen LogP contribution in [0.4, 0.5) is 5.69 Å². The number of ether oxygens (including phenoxy) is 2. The molecule has 0 bridgehead atoms. The van der Waals surface area contributed by atoms with E-state index in [0.29, 0.717) is 19.9 Å². The van der Waals surface area contributed by atoms with Gasteiger partial charge >= 0.3 is 0 Å². The summed E-state index contributed by atoms with van der Waals surface area (Å²) in [6, 6.07) is 8.14. The van der Waals surface area contributed by atoms with Crippen LogP contribution >= 0.6 is 0 Å². The topological polar surface area (TPSA) is 30.5 Å². The third-order valence-corrected chi connectivity index (χ3v) is 2.24. The molecule has 1 aromatic rings. The van der Waals surface area contributed by atoms with Crippen LogP contribution in [0, 0.1) is 0 Å². The Morgan fingerprint density at radius 2 is 1.89 bits per heavy atom. The molecule has 1 N–H and O–H groups in total. The summed E-state index contributed by atoms with van der Waals surface area (Å²) in [4.78, 5) is 0. The lowest BCUT2D eigenvalue weighted by Gasteiger charge is -2.20. The predicted octanol–water partition coefficient (Wildman–Crippen LogP) is 3.57. The third-order valence-electron chi connectivity index (χ3n) is 2.24. The van der Waals surface area contributed by atoms with E-state index in [9.17, 15) is 0 Å². The Kier molecular flexibility index (Phi) is 5.89. The van der Waals surface area contributed by atoms with Crippen LogP contribution < -0.4 is 5.32 Å². The van der Waals surface area contributed by atoms with E-state index >= 15 is 0 Å². The average Bonchev–Trinajstić information content (AvgIpc) is 2.30. The van der Waals surface area contributed by atoms with Gasteiger partial charge in [0.25, 0.3) is 0 Å². The molecule has 0 amide bonds. The van der Waals surface area contributed by atoms with Crippen LogP contribution in [0.3, 0.4) is 0 Å². The minimum atomic E-state index is -0.120. The first-order chi connectivity index (χ1) is 8.51. The molecule has 100 valence electrons. The molecule has 0 saturated carbocycles. The quantitative estimate of drug-likeness (QED) is 0.455. The summed E-state index contributed by atoms with van der Waals surface area (Å²) in [5, 5.41) is 3.22. The maximum absolute atomic E-state index is 5.60. The van der Waals surface area contributed by atoms with Crippen molar-refractivity contribution in [3.63, 3.8) is 0 Å². The number of benzene rings is 1. The lowest BCUT2D eigenvalue weighted by Crippen LogP contribution is -2.23. The van der Waals surface area contributed by atoms with Gasteiger partial charge in [-0.1, -0.05) is 18.2 Å². The monoisotopic (exact) mass is 249 g/mol. The fourth-order valence-corrected chi connectivity index (χ4v) is 1.31. The first-order valence-corrected chi connectivity index (χ1v) is 6.17. The van der Waals surface area contributed by atoms with Gasteiger partial charge in [0, 0.05) is 5.69 Å². The maximum Gasteiger partial charge on any atom is 0.117 e. The van der Waals surface area contributed by atoms with Crippen molar-refractivity contribution in [2.75, 3.05) is 18.7 Å². The molecule has 0 aliphatic heterocycles. The van der Waals surface area contributed by atoms with Gasteiger partial charge in [-0.15, -0.1) is 6.58 Å². The second kappa shape index (κ2) is 7.19. The van der Waals surface area contributed by atoms with Gasteiger partial charge in [-0.2, -0.15) is 0 Å². The predicted molar refractivity (Wildman–Crippen MR) is 75.6 cm³/mol.